The van der Waals surface area contributed by atoms with Gasteiger partial charge in [0.25, 0.3) is 5.91 Å². The van der Waals surface area contributed by atoms with Crippen LogP contribution in [0.1, 0.15) is 27.3 Å². The van der Waals surface area contributed by atoms with Crippen molar-refractivity contribution in [3.8, 4) is 0 Å². The van der Waals surface area contributed by atoms with Crippen molar-refractivity contribution in [1.29, 1.82) is 0 Å². The summed E-state index contributed by atoms with van der Waals surface area (Å²) in [6, 6.07) is 2.78. The van der Waals surface area contributed by atoms with Crippen LogP contribution in [0.4, 0.5) is 0 Å². The fraction of sp³-hybridized carbons (Fsp3) is 0.571. The number of carbonyl (C=O) groups excluding carboxylic acids is 2. The zero-order valence-electron chi connectivity index (χ0n) is 12.7. The Kier molecular flexibility index (Phi) is 5.06. The Morgan fingerprint density at radius 3 is 2.76 bits per heavy atom. The summed E-state index contributed by atoms with van der Waals surface area (Å²) in [5, 5.41) is 2.75. The number of aromatic nitrogens is 1. The van der Waals surface area contributed by atoms with Gasteiger partial charge in [0.05, 0.1) is 4.60 Å². The summed E-state index contributed by atoms with van der Waals surface area (Å²) < 4.78 is 8.12. The van der Waals surface area contributed by atoms with Gasteiger partial charge in [-0.1, -0.05) is 19.6 Å². The molecule has 1 aliphatic rings. The van der Waals surface area contributed by atoms with Gasteiger partial charge in [-0.25, -0.2) is 0 Å². The topological polar surface area (TPSA) is 60.3 Å². The summed E-state index contributed by atoms with van der Waals surface area (Å²) in [6.45, 7) is 8.21. The number of fused-ring (bicyclic) bond motifs is 1. The van der Waals surface area contributed by atoms with E-state index in [-0.39, 0.29) is 18.4 Å². The smallest absolute Gasteiger partial charge is 0.268 e. The Balaban J connectivity index is 2.13. The zero-order chi connectivity index (χ0) is 15.6. The van der Waals surface area contributed by atoms with Gasteiger partial charge in [-0.2, -0.15) is 0 Å². The summed E-state index contributed by atoms with van der Waals surface area (Å²) in [5.74, 6) is -0.222. The molecule has 0 aliphatic carbocycles. The molecule has 1 aromatic heterocycles. The Hall–Kier alpha value is -0.923. The number of ether oxygens (including phenoxy) is 1. The minimum Gasteiger partial charge on any atom is -0.361 e. The van der Waals surface area contributed by atoms with E-state index >= 15 is 0 Å². The molecule has 7 heteroatoms. The van der Waals surface area contributed by atoms with Crippen LogP contribution in [0, 0.1) is 0 Å². The van der Waals surface area contributed by atoms with Crippen molar-refractivity contribution in [2.24, 2.45) is 0 Å². The summed E-state index contributed by atoms with van der Waals surface area (Å²) in [6.07, 6.45) is 0.339. The third-order valence-electron chi connectivity index (χ3n) is 3.42. The quantitative estimate of drug-likeness (QED) is 0.638. The molecule has 0 radical (unpaired) electrons. The van der Waals surface area contributed by atoms with Crippen molar-refractivity contribution < 1.29 is 14.3 Å². The van der Waals surface area contributed by atoms with Crippen molar-refractivity contribution in [2.45, 2.75) is 38.8 Å². The van der Waals surface area contributed by atoms with Gasteiger partial charge in [0.15, 0.2) is 5.78 Å². The van der Waals surface area contributed by atoms with Crippen molar-refractivity contribution in [3.63, 3.8) is 0 Å². The van der Waals surface area contributed by atoms with Crippen LogP contribution in [0.2, 0.25) is 25.7 Å². The van der Waals surface area contributed by atoms with Gasteiger partial charge >= 0.3 is 0 Å². The molecule has 0 atom stereocenters. The fourth-order valence-electron chi connectivity index (χ4n) is 2.14. The Bertz CT molecular complexity index is 563. The number of carbonyl (C=O) groups is 2. The van der Waals surface area contributed by atoms with Crippen molar-refractivity contribution in [3.05, 3.63) is 21.9 Å². The number of hydrogen-bond donors (Lipinski definition) is 1. The van der Waals surface area contributed by atoms with E-state index < -0.39 is 8.07 Å². The third kappa shape index (κ3) is 4.05. The number of ketones is 1. The number of hydrogen-bond acceptors (Lipinski definition) is 3. The number of nitrogens with one attached hydrogen (secondary N) is 1. The second-order valence-electron chi connectivity index (χ2n) is 6.43. The monoisotopic (exact) mass is 372 g/mol. The van der Waals surface area contributed by atoms with Crippen molar-refractivity contribution >= 4 is 35.7 Å². The average molecular weight is 373 g/mol. The maximum Gasteiger partial charge on any atom is 0.268 e. The first kappa shape index (κ1) is 16.4. The van der Waals surface area contributed by atoms with Crippen LogP contribution in [0.15, 0.2) is 10.7 Å². The van der Waals surface area contributed by atoms with Crippen LogP contribution < -0.4 is 5.32 Å². The van der Waals surface area contributed by atoms with Crippen LogP contribution in [-0.4, -0.2) is 37.5 Å². The van der Waals surface area contributed by atoms with Gasteiger partial charge in [0.1, 0.15) is 12.4 Å². The third-order valence-corrected chi connectivity index (χ3v) is 5.78. The van der Waals surface area contributed by atoms with Gasteiger partial charge < -0.3 is 14.6 Å². The van der Waals surface area contributed by atoms with Crippen LogP contribution >= 0.6 is 15.9 Å². The Labute approximate surface area is 134 Å². The number of amides is 1. The zero-order valence-corrected chi connectivity index (χ0v) is 15.2. The lowest BCUT2D eigenvalue weighted by molar-refractivity contribution is 0.0781. The molecule has 0 unspecified atom stereocenters. The molecule has 0 spiro atoms. The number of halogens is 1. The van der Waals surface area contributed by atoms with E-state index in [1.807, 2.05) is 0 Å². The second kappa shape index (κ2) is 6.45. The van der Waals surface area contributed by atoms with E-state index in [4.69, 9.17) is 4.74 Å². The minimum atomic E-state index is -1.13. The molecular formula is C14H21BrN2O3Si. The molecule has 21 heavy (non-hydrogen) atoms. The van der Waals surface area contributed by atoms with Gasteiger partial charge in [0, 0.05) is 33.2 Å². The molecule has 0 bridgehead atoms. The molecule has 0 saturated heterocycles. The number of Topliss-reactive ketones (excluding diaryl/α,β-unsaturated/α-hetero) is 1. The van der Waals surface area contributed by atoms with E-state index in [0.29, 0.717) is 35.4 Å². The highest BCUT2D eigenvalue weighted by molar-refractivity contribution is 9.10. The molecule has 0 saturated carbocycles. The highest BCUT2D eigenvalue weighted by Gasteiger charge is 2.27. The van der Waals surface area contributed by atoms with Gasteiger partial charge in [0.2, 0.25) is 0 Å². The maximum absolute atomic E-state index is 12.1. The standard InChI is InChI=1S/C14H21BrN2O3Si/c1-21(2,3)7-6-20-9-17-12(15)8-10-11(18)4-5-16-14(19)13(10)17/h8H,4-7,9H2,1-3H3,(H,16,19). The van der Waals surface area contributed by atoms with Crippen molar-refractivity contribution in [1.82, 2.24) is 9.88 Å². The molecule has 0 fully saturated rings. The largest absolute Gasteiger partial charge is 0.361 e. The predicted molar refractivity (Wildman–Crippen MR) is 87.5 cm³/mol. The number of rotatable bonds is 5. The SMILES string of the molecule is C[Si](C)(C)CCOCn1c(Br)cc2c1C(=O)NCCC2=O. The van der Waals surface area contributed by atoms with Crippen molar-refractivity contribution in [2.75, 3.05) is 13.2 Å². The lowest BCUT2D eigenvalue weighted by Gasteiger charge is -2.16. The first-order valence-corrected chi connectivity index (χ1v) is 11.6. The highest BCUT2D eigenvalue weighted by Crippen LogP contribution is 2.24. The molecule has 1 aliphatic heterocycles. The van der Waals surface area contributed by atoms with E-state index in [1.54, 1.807) is 10.6 Å². The lowest BCUT2D eigenvalue weighted by Crippen LogP contribution is -2.26. The summed E-state index contributed by atoms with van der Waals surface area (Å²) in [5.41, 5.74) is 0.878. The molecule has 5 nitrogen and oxygen atoms in total. The van der Waals surface area contributed by atoms with Crippen LogP contribution in [-0.2, 0) is 11.5 Å². The predicted octanol–water partition coefficient (Wildman–Crippen LogP) is 2.88. The molecular weight excluding hydrogens is 352 g/mol. The van der Waals surface area contributed by atoms with Gasteiger partial charge in [-0.05, 0) is 28.0 Å². The highest BCUT2D eigenvalue weighted by atomic mass is 79.9. The maximum atomic E-state index is 12.1. The first-order chi connectivity index (χ1) is 9.79. The molecule has 2 rings (SSSR count). The number of nitrogens with zero attached hydrogens (tertiary/aromatic N) is 1. The van der Waals surface area contributed by atoms with E-state index in [9.17, 15) is 9.59 Å². The molecule has 0 aromatic carbocycles. The van der Waals surface area contributed by atoms with Crippen LogP contribution in [0.25, 0.3) is 0 Å². The molecule has 2 heterocycles. The normalized spacial score (nSPS) is 15.6. The second-order valence-corrected chi connectivity index (χ2v) is 12.9. The van der Waals surface area contributed by atoms with Gasteiger partial charge in [-0.15, -0.1) is 0 Å². The molecule has 1 amide bonds. The van der Waals surface area contributed by atoms with E-state index in [1.165, 1.54) is 0 Å². The van der Waals surface area contributed by atoms with E-state index in [2.05, 4.69) is 40.9 Å². The van der Waals surface area contributed by atoms with E-state index in [0.717, 1.165) is 6.04 Å². The summed E-state index contributed by atoms with van der Waals surface area (Å²) in [4.78, 5) is 24.1. The Morgan fingerprint density at radius 1 is 1.38 bits per heavy atom. The minimum absolute atomic E-state index is 0.00935. The first-order valence-electron chi connectivity index (χ1n) is 7.08. The summed E-state index contributed by atoms with van der Waals surface area (Å²) >= 11 is 3.41. The molecule has 1 aromatic rings. The average Bonchev–Trinajstić information content (AvgIpc) is 2.63. The fourth-order valence-corrected chi connectivity index (χ4v) is 3.41. The van der Waals surface area contributed by atoms with Gasteiger partial charge in [-0.3, -0.25) is 9.59 Å². The van der Waals surface area contributed by atoms with Crippen LogP contribution in [0.3, 0.4) is 0 Å². The lowest BCUT2D eigenvalue weighted by atomic mass is 10.1. The Morgan fingerprint density at radius 2 is 2.10 bits per heavy atom. The van der Waals surface area contributed by atoms with Crippen LogP contribution in [0.5, 0.6) is 0 Å². The molecule has 116 valence electrons. The summed E-state index contributed by atoms with van der Waals surface area (Å²) in [7, 11) is -1.13. The molecule has 1 N–H and O–H groups in total.